The lowest BCUT2D eigenvalue weighted by atomic mass is 10.1. The summed E-state index contributed by atoms with van der Waals surface area (Å²) in [6.07, 6.45) is 3.60. The third-order valence-corrected chi connectivity index (χ3v) is 5.21. The molecule has 0 atom stereocenters. The molecule has 0 aliphatic heterocycles. The molecule has 0 aliphatic carbocycles. The maximum absolute atomic E-state index is 12.6. The zero-order valence-corrected chi connectivity index (χ0v) is 16.8. The van der Waals surface area contributed by atoms with Crippen molar-refractivity contribution in [3.63, 3.8) is 0 Å². The van der Waals surface area contributed by atoms with Crippen molar-refractivity contribution in [3.05, 3.63) is 87.5 Å². The van der Waals surface area contributed by atoms with Gasteiger partial charge in [-0.3, -0.25) is 14.9 Å². The maximum Gasteiger partial charge on any atom is 0.269 e. The van der Waals surface area contributed by atoms with Gasteiger partial charge >= 0.3 is 0 Å². The standard InChI is InChI=1S/C21H17N5O3S/c1-14-12-22-21(30-14)23-19(27)11-16-13-25(17-5-3-2-4-6-17)24-20(16)15-7-9-18(10-8-15)26(28)29/h2-10,12-13H,11H2,1H3,(H,22,23,27). The number of nitro groups is 1. The number of benzene rings is 2. The normalized spacial score (nSPS) is 10.7. The first-order valence-electron chi connectivity index (χ1n) is 9.10. The van der Waals surface area contributed by atoms with Crippen molar-refractivity contribution in [3.8, 4) is 16.9 Å². The van der Waals surface area contributed by atoms with E-state index in [1.54, 1.807) is 29.2 Å². The van der Waals surface area contributed by atoms with Gasteiger partial charge in [0.2, 0.25) is 5.91 Å². The number of carbonyl (C=O) groups is 1. The number of thiazole rings is 1. The summed E-state index contributed by atoms with van der Waals surface area (Å²) in [4.78, 5) is 28.3. The number of nitro benzene ring substituents is 1. The highest BCUT2D eigenvalue weighted by atomic mass is 32.1. The zero-order chi connectivity index (χ0) is 21.1. The van der Waals surface area contributed by atoms with E-state index in [1.165, 1.54) is 23.5 Å². The number of anilines is 1. The lowest BCUT2D eigenvalue weighted by molar-refractivity contribution is -0.384. The molecule has 0 radical (unpaired) electrons. The molecule has 8 nitrogen and oxygen atoms in total. The highest BCUT2D eigenvalue weighted by Gasteiger charge is 2.17. The van der Waals surface area contributed by atoms with Gasteiger partial charge in [0.25, 0.3) is 5.69 Å². The number of non-ortho nitro benzene ring substituents is 1. The van der Waals surface area contributed by atoms with Crippen LogP contribution in [-0.4, -0.2) is 25.6 Å². The van der Waals surface area contributed by atoms with Gasteiger partial charge in [-0.15, -0.1) is 11.3 Å². The summed E-state index contributed by atoms with van der Waals surface area (Å²) in [5.41, 5.74) is 2.85. The van der Waals surface area contributed by atoms with Crippen molar-refractivity contribution in [2.24, 2.45) is 0 Å². The average molecular weight is 419 g/mol. The minimum absolute atomic E-state index is 0.000301. The summed E-state index contributed by atoms with van der Waals surface area (Å²) in [6, 6.07) is 15.7. The van der Waals surface area contributed by atoms with E-state index in [2.05, 4.69) is 15.4 Å². The smallest absolute Gasteiger partial charge is 0.269 e. The van der Waals surface area contributed by atoms with Crippen molar-refractivity contribution < 1.29 is 9.72 Å². The molecule has 0 saturated heterocycles. The predicted octanol–water partition coefficient (Wildman–Crippen LogP) is 4.39. The van der Waals surface area contributed by atoms with E-state index in [0.717, 1.165) is 10.6 Å². The Bertz CT molecular complexity index is 1200. The molecule has 2 aromatic carbocycles. The van der Waals surface area contributed by atoms with Crippen molar-refractivity contribution >= 4 is 28.1 Å². The molecule has 1 N–H and O–H groups in total. The van der Waals surface area contributed by atoms with E-state index in [0.29, 0.717) is 22.0 Å². The Morgan fingerprint density at radius 1 is 1.17 bits per heavy atom. The van der Waals surface area contributed by atoms with Gasteiger partial charge in [0, 0.05) is 40.5 Å². The van der Waals surface area contributed by atoms with Gasteiger partial charge in [-0.05, 0) is 31.2 Å². The Morgan fingerprint density at radius 3 is 2.53 bits per heavy atom. The van der Waals surface area contributed by atoms with Crippen LogP contribution >= 0.6 is 11.3 Å². The number of hydrogen-bond donors (Lipinski definition) is 1. The molecule has 4 rings (SSSR count). The second-order valence-corrected chi connectivity index (χ2v) is 7.82. The predicted molar refractivity (Wildman–Crippen MR) is 115 cm³/mol. The average Bonchev–Trinajstić information content (AvgIpc) is 3.34. The number of carbonyl (C=O) groups excluding carboxylic acids is 1. The van der Waals surface area contributed by atoms with Crippen LogP contribution in [0.1, 0.15) is 10.4 Å². The topological polar surface area (TPSA) is 103 Å². The Balaban J connectivity index is 1.67. The molecule has 9 heteroatoms. The highest BCUT2D eigenvalue weighted by molar-refractivity contribution is 7.15. The lowest BCUT2D eigenvalue weighted by Crippen LogP contribution is -2.14. The van der Waals surface area contributed by atoms with Gasteiger partial charge in [0.05, 0.1) is 22.7 Å². The van der Waals surface area contributed by atoms with E-state index in [9.17, 15) is 14.9 Å². The molecule has 0 bridgehead atoms. The van der Waals surface area contributed by atoms with Crippen LogP contribution in [0.25, 0.3) is 16.9 Å². The van der Waals surface area contributed by atoms with Crippen LogP contribution in [0.15, 0.2) is 67.0 Å². The number of para-hydroxylation sites is 1. The second kappa shape index (κ2) is 8.26. The van der Waals surface area contributed by atoms with E-state index in [4.69, 9.17) is 0 Å². The van der Waals surface area contributed by atoms with Crippen molar-refractivity contribution in [2.45, 2.75) is 13.3 Å². The van der Waals surface area contributed by atoms with Gasteiger partial charge < -0.3 is 5.32 Å². The van der Waals surface area contributed by atoms with E-state index in [-0.39, 0.29) is 18.0 Å². The fourth-order valence-corrected chi connectivity index (χ4v) is 3.67. The second-order valence-electron chi connectivity index (χ2n) is 6.59. The lowest BCUT2D eigenvalue weighted by Gasteiger charge is -2.03. The monoisotopic (exact) mass is 419 g/mol. The largest absolute Gasteiger partial charge is 0.302 e. The van der Waals surface area contributed by atoms with Crippen LogP contribution in [-0.2, 0) is 11.2 Å². The molecule has 2 aromatic heterocycles. The molecule has 1 amide bonds. The Labute approximate surface area is 176 Å². The van der Waals surface area contributed by atoms with E-state index >= 15 is 0 Å². The molecular weight excluding hydrogens is 402 g/mol. The summed E-state index contributed by atoms with van der Waals surface area (Å²) < 4.78 is 1.70. The molecule has 4 aromatic rings. The fourth-order valence-electron chi connectivity index (χ4n) is 2.99. The van der Waals surface area contributed by atoms with Gasteiger partial charge in [0.15, 0.2) is 5.13 Å². The van der Waals surface area contributed by atoms with Crippen molar-refractivity contribution in [1.29, 1.82) is 0 Å². The van der Waals surface area contributed by atoms with Crippen LogP contribution in [0.2, 0.25) is 0 Å². The van der Waals surface area contributed by atoms with Crippen LogP contribution < -0.4 is 5.32 Å². The van der Waals surface area contributed by atoms with Gasteiger partial charge in [-0.1, -0.05) is 18.2 Å². The number of nitrogens with one attached hydrogen (secondary N) is 1. The van der Waals surface area contributed by atoms with E-state index < -0.39 is 4.92 Å². The fraction of sp³-hybridized carbons (Fsp3) is 0.0952. The molecule has 30 heavy (non-hydrogen) atoms. The highest BCUT2D eigenvalue weighted by Crippen LogP contribution is 2.27. The first kappa shape index (κ1) is 19.5. The summed E-state index contributed by atoms with van der Waals surface area (Å²) in [6.45, 7) is 1.92. The Morgan fingerprint density at radius 2 is 1.90 bits per heavy atom. The van der Waals surface area contributed by atoms with Crippen LogP contribution in [0, 0.1) is 17.0 Å². The third-order valence-electron chi connectivity index (χ3n) is 4.38. The summed E-state index contributed by atoms with van der Waals surface area (Å²) in [5.74, 6) is -0.208. The molecule has 0 saturated carbocycles. The molecule has 0 aliphatic rings. The van der Waals surface area contributed by atoms with Gasteiger partial charge in [0.1, 0.15) is 0 Å². The number of amides is 1. The van der Waals surface area contributed by atoms with Crippen molar-refractivity contribution in [1.82, 2.24) is 14.8 Å². The number of rotatable bonds is 6. The van der Waals surface area contributed by atoms with Gasteiger partial charge in [-0.25, -0.2) is 9.67 Å². The molecule has 0 spiro atoms. The molecule has 0 unspecified atom stereocenters. The molecular formula is C21H17N5O3S. The third kappa shape index (κ3) is 4.26. The van der Waals surface area contributed by atoms with Crippen LogP contribution in [0.3, 0.4) is 0 Å². The van der Waals surface area contributed by atoms with E-state index in [1.807, 2.05) is 37.3 Å². The minimum atomic E-state index is -0.448. The van der Waals surface area contributed by atoms with Crippen LogP contribution in [0.5, 0.6) is 0 Å². The van der Waals surface area contributed by atoms with Crippen molar-refractivity contribution in [2.75, 3.05) is 5.32 Å². The number of hydrogen-bond acceptors (Lipinski definition) is 6. The number of aryl methyl sites for hydroxylation is 1. The SMILES string of the molecule is Cc1cnc(NC(=O)Cc2cn(-c3ccccc3)nc2-c2ccc([N+](=O)[O-])cc2)s1. The summed E-state index contributed by atoms with van der Waals surface area (Å²) >= 11 is 1.41. The quantitative estimate of drug-likeness (QED) is 0.369. The zero-order valence-electron chi connectivity index (χ0n) is 16.0. The molecule has 2 heterocycles. The first-order chi connectivity index (χ1) is 14.5. The summed E-state index contributed by atoms with van der Waals surface area (Å²) in [5, 5.41) is 18.9. The van der Waals surface area contributed by atoms with Gasteiger partial charge in [-0.2, -0.15) is 5.10 Å². The Hall–Kier alpha value is -3.85. The first-order valence-corrected chi connectivity index (χ1v) is 9.92. The number of nitrogens with zero attached hydrogens (tertiary/aromatic N) is 4. The minimum Gasteiger partial charge on any atom is -0.302 e. The molecule has 0 fully saturated rings. The number of aromatic nitrogens is 3. The summed E-state index contributed by atoms with van der Waals surface area (Å²) in [7, 11) is 0. The van der Waals surface area contributed by atoms with Crippen LogP contribution in [0.4, 0.5) is 10.8 Å². The Kier molecular flexibility index (Phi) is 5.36. The maximum atomic E-state index is 12.6. The molecule has 150 valence electrons.